The molecule has 29 heavy (non-hydrogen) atoms. The summed E-state index contributed by atoms with van der Waals surface area (Å²) in [7, 11) is 0. The summed E-state index contributed by atoms with van der Waals surface area (Å²) in [4.78, 5) is 37.9. The van der Waals surface area contributed by atoms with Crippen LogP contribution in [0.3, 0.4) is 0 Å². The zero-order valence-electron chi connectivity index (χ0n) is 16.1. The predicted octanol–water partition coefficient (Wildman–Crippen LogP) is 2.14. The van der Waals surface area contributed by atoms with E-state index in [1.165, 1.54) is 16.8 Å². The number of aromatic nitrogens is 5. The lowest BCUT2D eigenvalue weighted by Crippen LogP contribution is -2.31. The van der Waals surface area contributed by atoms with Crippen molar-refractivity contribution in [3.05, 3.63) is 93.6 Å². The highest BCUT2D eigenvalue weighted by molar-refractivity contribution is 5.92. The maximum atomic E-state index is 12.7. The molecule has 0 radical (unpaired) electrons. The summed E-state index contributed by atoms with van der Waals surface area (Å²) >= 11 is 0. The van der Waals surface area contributed by atoms with Crippen molar-refractivity contribution in [1.29, 1.82) is 0 Å². The fourth-order valence-corrected chi connectivity index (χ4v) is 3.15. The van der Waals surface area contributed by atoms with Crippen molar-refractivity contribution in [2.45, 2.75) is 26.3 Å². The predicted molar refractivity (Wildman–Crippen MR) is 108 cm³/mol. The summed E-state index contributed by atoms with van der Waals surface area (Å²) in [6.45, 7) is 3.67. The Kier molecular flexibility index (Phi) is 4.90. The molecule has 1 atom stereocenters. The Morgan fingerprint density at radius 2 is 1.93 bits per heavy atom. The van der Waals surface area contributed by atoms with E-state index in [1.54, 1.807) is 6.20 Å². The smallest absolute Gasteiger partial charge is 0.272 e. The van der Waals surface area contributed by atoms with Crippen LogP contribution in [0.2, 0.25) is 0 Å². The van der Waals surface area contributed by atoms with Crippen LogP contribution in [0.5, 0.6) is 0 Å². The van der Waals surface area contributed by atoms with Gasteiger partial charge in [-0.2, -0.15) is 0 Å². The second-order valence-electron chi connectivity index (χ2n) is 6.90. The minimum absolute atomic E-state index is 0.194. The fourth-order valence-electron chi connectivity index (χ4n) is 3.15. The summed E-state index contributed by atoms with van der Waals surface area (Å²) < 4.78 is 1.40. The highest BCUT2D eigenvalue weighted by atomic mass is 16.2. The van der Waals surface area contributed by atoms with E-state index in [2.05, 4.69) is 25.4 Å². The third-order valence-electron chi connectivity index (χ3n) is 4.57. The monoisotopic (exact) mass is 388 g/mol. The van der Waals surface area contributed by atoms with E-state index in [0.717, 1.165) is 17.0 Å². The van der Waals surface area contributed by atoms with Gasteiger partial charge in [-0.1, -0.05) is 30.3 Å². The number of aromatic amines is 1. The summed E-state index contributed by atoms with van der Waals surface area (Å²) in [6, 6.07) is 12.5. The number of aryl methyl sites for hydroxylation is 2. The average molecular weight is 388 g/mol. The van der Waals surface area contributed by atoms with Crippen molar-refractivity contribution >= 4 is 11.6 Å². The third-order valence-corrected chi connectivity index (χ3v) is 4.57. The highest BCUT2D eigenvalue weighted by Crippen LogP contribution is 2.18. The molecular formula is C21H20N6O2. The van der Waals surface area contributed by atoms with Gasteiger partial charge in [0.25, 0.3) is 11.5 Å². The molecule has 0 aliphatic carbocycles. The third kappa shape index (κ3) is 4.06. The summed E-state index contributed by atoms with van der Waals surface area (Å²) in [5.74, 6) is -0.332. The van der Waals surface area contributed by atoms with Gasteiger partial charge in [0.05, 0.1) is 23.6 Å². The van der Waals surface area contributed by atoms with Gasteiger partial charge in [0.1, 0.15) is 5.69 Å². The molecule has 4 rings (SSSR count). The second kappa shape index (κ2) is 7.67. The topological polar surface area (TPSA) is 105 Å². The summed E-state index contributed by atoms with van der Waals surface area (Å²) in [6.07, 6.45) is 3.37. The molecule has 1 amide bonds. The van der Waals surface area contributed by atoms with Crippen LogP contribution >= 0.6 is 0 Å². The number of carbonyl (C=O) groups is 1. The van der Waals surface area contributed by atoms with Crippen molar-refractivity contribution in [1.82, 2.24) is 29.9 Å². The van der Waals surface area contributed by atoms with Crippen LogP contribution in [0.15, 0.2) is 59.7 Å². The van der Waals surface area contributed by atoms with Gasteiger partial charge in [-0.05, 0) is 19.4 Å². The first kappa shape index (κ1) is 18.5. The Morgan fingerprint density at radius 3 is 2.66 bits per heavy atom. The lowest BCUT2D eigenvalue weighted by molar-refractivity contribution is 0.0931. The van der Waals surface area contributed by atoms with Crippen LogP contribution in [-0.2, 0) is 6.42 Å². The number of nitrogens with zero attached hydrogens (tertiary/aromatic N) is 4. The first-order chi connectivity index (χ1) is 14.0. The fraction of sp³-hybridized carbons (Fsp3) is 0.190. The van der Waals surface area contributed by atoms with Gasteiger partial charge < -0.3 is 5.32 Å². The normalized spacial score (nSPS) is 12.1. The Morgan fingerprint density at radius 1 is 1.14 bits per heavy atom. The summed E-state index contributed by atoms with van der Waals surface area (Å²) in [5, 5.41) is 5.95. The molecule has 3 aromatic heterocycles. The molecule has 8 nitrogen and oxygen atoms in total. The molecular weight excluding hydrogens is 368 g/mol. The second-order valence-corrected chi connectivity index (χ2v) is 6.90. The first-order valence-electron chi connectivity index (χ1n) is 9.22. The quantitative estimate of drug-likeness (QED) is 0.545. The molecule has 1 aromatic carbocycles. The molecule has 0 saturated heterocycles. The molecule has 4 aromatic rings. The van der Waals surface area contributed by atoms with Gasteiger partial charge in [0.2, 0.25) is 0 Å². The minimum atomic E-state index is -0.374. The van der Waals surface area contributed by atoms with Crippen molar-refractivity contribution in [2.24, 2.45) is 0 Å². The molecule has 0 aliphatic rings. The first-order valence-corrected chi connectivity index (χ1v) is 9.22. The van der Waals surface area contributed by atoms with Crippen molar-refractivity contribution in [3.63, 3.8) is 0 Å². The Hall–Kier alpha value is -3.81. The average Bonchev–Trinajstić information content (AvgIpc) is 3.09. The Labute approximate surface area is 166 Å². The van der Waals surface area contributed by atoms with E-state index in [1.807, 2.05) is 50.2 Å². The van der Waals surface area contributed by atoms with Crippen molar-refractivity contribution in [3.8, 4) is 0 Å². The van der Waals surface area contributed by atoms with E-state index in [-0.39, 0.29) is 23.2 Å². The lowest BCUT2D eigenvalue weighted by atomic mass is 10.0. The largest absolute Gasteiger partial charge is 0.343 e. The summed E-state index contributed by atoms with van der Waals surface area (Å²) in [5.41, 5.74) is 3.68. The van der Waals surface area contributed by atoms with E-state index in [4.69, 9.17) is 0 Å². The molecule has 8 heteroatoms. The van der Waals surface area contributed by atoms with E-state index in [9.17, 15) is 9.59 Å². The van der Waals surface area contributed by atoms with Crippen molar-refractivity contribution < 1.29 is 4.79 Å². The van der Waals surface area contributed by atoms with Gasteiger partial charge in [-0.3, -0.25) is 19.7 Å². The maximum absolute atomic E-state index is 12.7. The molecule has 2 N–H and O–H groups in total. The molecule has 0 spiro atoms. The number of amides is 1. The lowest BCUT2D eigenvalue weighted by Gasteiger charge is -2.19. The Balaban J connectivity index is 1.65. The standard InChI is InChI=1S/C21H20N6O2/c1-13-8-19-24-16(10-20(28)27(19)26-13)9-17(15-6-4-3-5-7-15)25-21(29)18-12-22-14(2)11-23-18/h3-8,10-12,17,26H,9H2,1-2H3,(H,25,29)/t17-/m1/s1. The van der Waals surface area contributed by atoms with Crippen LogP contribution in [0.4, 0.5) is 0 Å². The van der Waals surface area contributed by atoms with Gasteiger partial charge >= 0.3 is 0 Å². The van der Waals surface area contributed by atoms with E-state index < -0.39 is 0 Å². The highest BCUT2D eigenvalue weighted by Gasteiger charge is 2.19. The van der Waals surface area contributed by atoms with E-state index >= 15 is 0 Å². The SMILES string of the molecule is Cc1cnc(C(=O)N[C@H](Cc2cc(=O)n3[nH]c(C)cc3n2)c2ccccc2)cn1. The van der Waals surface area contributed by atoms with Crippen LogP contribution in [0, 0.1) is 13.8 Å². The maximum Gasteiger partial charge on any atom is 0.272 e. The van der Waals surface area contributed by atoms with Gasteiger partial charge in [0, 0.05) is 30.4 Å². The zero-order valence-corrected chi connectivity index (χ0v) is 16.1. The number of hydrogen-bond acceptors (Lipinski definition) is 5. The Bertz CT molecular complexity index is 1210. The van der Waals surface area contributed by atoms with E-state index in [0.29, 0.717) is 17.8 Å². The molecule has 3 heterocycles. The number of fused-ring (bicyclic) bond motifs is 1. The van der Waals surface area contributed by atoms with Crippen LogP contribution in [0.25, 0.3) is 5.65 Å². The molecule has 0 saturated carbocycles. The minimum Gasteiger partial charge on any atom is -0.343 e. The van der Waals surface area contributed by atoms with Crippen LogP contribution in [0.1, 0.15) is 39.2 Å². The van der Waals surface area contributed by atoms with Gasteiger partial charge in [0.15, 0.2) is 5.65 Å². The van der Waals surface area contributed by atoms with Crippen molar-refractivity contribution in [2.75, 3.05) is 0 Å². The number of nitrogens with one attached hydrogen (secondary N) is 2. The number of H-pyrrole nitrogens is 1. The molecule has 0 unspecified atom stereocenters. The number of benzene rings is 1. The number of hydrogen-bond donors (Lipinski definition) is 2. The van der Waals surface area contributed by atoms with Gasteiger partial charge in [-0.25, -0.2) is 14.5 Å². The molecule has 0 fully saturated rings. The van der Waals surface area contributed by atoms with Crippen LogP contribution in [-0.4, -0.2) is 30.5 Å². The van der Waals surface area contributed by atoms with Crippen LogP contribution < -0.4 is 10.9 Å². The zero-order chi connectivity index (χ0) is 20.4. The number of rotatable bonds is 5. The molecule has 146 valence electrons. The molecule has 0 aliphatic heterocycles. The van der Waals surface area contributed by atoms with Gasteiger partial charge in [-0.15, -0.1) is 0 Å². The number of carbonyl (C=O) groups excluding carboxylic acids is 1. The molecule has 0 bridgehead atoms.